The maximum atomic E-state index is 11.9. The Kier molecular flexibility index (Phi) is 5.32. The van der Waals surface area contributed by atoms with Crippen LogP contribution in [0.2, 0.25) is 0 Å². The fraction of sp³-hybridized carbons (Fsp3) is 0.353. The van der Waals surface area contributed by atoms with Crippen LogP contribution >= 0.6 is 11.8 Å². The van der Waals surface area contributed by atoms with Crippen molar-refractivity contribution in [3.63, 3.8) is 0 Å². The van der Waals surface area contributed by atoms with Crippen molar-refractivity contribution >= 4 is 17.7 Å². The number of aryl methyl sites for hydroxylation is 2. The Labute approximate surface area is 134 Å². The molecule has 2 aromatic rings. The predicted molar refractivity (Wildman–Crippen MR) is 87.9 cm³/mol. The van der Waals surface area contributed by atoms with Crippen molar-refractivity contribution in [2.75, 3.05) is 12.3 Å². The fourth-order valence-corrected chi connectivity index (χ4v) is 3.00. The highest BCUT2D eigenvalue weighted by molar-refractivity contribution is 8.00. The summed E-state index contributed by atoms with van der Waals surface area (Å²) in [6.07, 6.45) is 0. The van der Waals surface area contributed by atoms with Gasteiger partial charge in [-0.25, -0.2) is 0 Å². The van der Waals surface area contributed by atoms with Gasteiger partial charge in [-0.2, -0.15) is 0 Å². The van der Waals surface area contributed by atoms with E-state index < -0.39 is 5.60 Å². The third-order valence-corrected chi connectivity index (χ3v) is 4.38. The normalized spacial score (nSPS) is 13.6. The van der Waals surface area contributed by atoms with Crippen molar-refractivity contribution in [1.29, 1.82) is 0 Å². The Balaban J connectivity index is 1.86. The van der Waals surface area contributed by atoms with Gasteiger partial charge in [0.15, 0.2) is 0 Å². The van der Waals surface area contributed by atoms with Gasteiger partial charge in [0.1, 0.15) is 17.1 Å². The highest BCUT2D eigenvalue weighted by Gasteiger charge is 2.28. The number of hydrogen-bond donors (Lipinski definition) is 2. The maximum Gasteiger partial charge on any atom is 0.230 e. The minimum atomic E-state index is -1.14. The first kappa shape index (κ1) is 16.6. The average molecular weight is 319 g/mol. The van der Waals surface area contributed by atoms with E-state index in [2.05, 4.69) is 5.32 Å². The second-order valence-corrected chi connectivity index (χ2v) is 6.53. The number of thioether (sulfide) groups is 1. The molecule has 22 heavy (non-hydrogen) atoms. The molecule has 1 heterocycles. The number of furan rings is 1. The molecule has 0 aliphatic carbocycles. The number of aliphatic hydroxyl groups is 1. The molecular formula is C17H21NO3S. The zero-order valence-electron chi connectivity index (χ0n) is 13.1. The molecule has 2 rings (SSSR count). The average Bonchev–Trinajstić information content (AvgIpc) is 2.84. The van der Waals surface area contributed by atoms with Gasteiger partial charge in [0.2, 0.25) is 5.91 Å². The van der Waals surface area contributed by atoms with Crippen molar-refractivity contribution in [3.8, 4) is 0 Å². The molecule has 0 radical (unpaired) electrons. The quantitative estimate of drug-likeness (QED) is 0.804. The van der Waals surface area contributed by atoms with E-state index in [0.29, 0.717) is 17.1 Å². The van der Waals surface area contributed by atoms with Gasteiger partial charge < -0.3 is 14.8 Å². The van der Waals surface area contributed by atoms with Crippen molar-refractivity contribution in [2.24, 2.45) is 0 Å². The minimum absolute atomic E-state index is 0.105. The highest BCUT2D eigenvalue weighted by atomic mass is 32.2. The molecule has 0 spiro atoms. The number of nitrogens with one attached hydrogen (secondary N) is 1. The van der Waals surface area contributed by atoms with Gasteiger partial charge in [-0.1, -0.05) is 18.2 Å². The molecule has 2 N–H and O–H groups in total. The van der Waals surface area contributed by atoms with Crippen LogP contribution in [-0.4, -0.2) is 23.3 Å². The molecule has 0 saturated heterocycles. The van der Waals surface area contributed by atoms with Crippen molar-refractivity contribution in [1.82, 2.24) is 5.32 Å². The molecule has 0 aliphatic rings. The predicted octanol–water partition coefficient (Wildman–Crippen LogP) is 3.01. The van der Waals surface area contributed by atoms with Crippen LogP contribution in [0.4, 0.5) is 0 Å². The number of rotatable bonds is 6. The van der Waals surface area contributed by atoms with E-state index in [0.717, 1.165) is 10.7 Å². The standard InChI is InChI=1S/C17H21NO3S/c1-12-9-15(13(2)21-12)17(3,20)11-18-16(19)10-22-14-7-5-4-6-8-14/h4-9,20H,10-11H2,1-3H3,(H,18,19). The van der Waals surface area contributed by atoms with Crippen LogP contribution in [0.5, 0.6) is 0 Å². The zero-order valence-corrected chi connectivity index (χ0v) is 13.9. The summed E-state index contributed by atoms with van der Waals surface area (Å²) in [4.78, 5) is 13.0. The molecule has 1 amide bonds. The summed E-state index contributed by atoms with van der Waals surface area (Å²) in [7, 11) is 0. The molecule has 5 heteroatoms. The fourth-order valence-electron chi connectivity index (χ4n) is 2.25. The van der Waals surface area contributed by atoms with Crippen molar-refractivity contribution in [2.45, 2.75) is 31.3 Å². The highest BCUT2D eigenvalue weighted by Crippen LogP contribution is 2.26. The lowest BCUT2D eigenvalue weighted by Crippen LogP contribution is -2.39. The third-order valence-electron chi connectivity index (χ3n) is 3.36. The summed E-state index contributed by atoms with van der Waals surface area (Å²) in [6.45, 7) is 5.47. The Morgan fingerprint density at radius 3 is 2.59 bits per heavy atom. The molecule has 0 fully saturated rings. The lowest BCUT2D eigenvalue weighted by atomic mass is 9.96. The van der Waals surface area contributed by atoms with E-state index in [4.69, 9.17) is 4.42 Å². The Morgan fingerprint density at radius 2 is 2.00 bits per heavy atom. The van der Waals surface area contributed by atoms with E-state index in [1.807, 2.05) is 44.2 Å². The molecular weight excluding hydrogens is 298 g/mol. The second kappa shape index (κ2) is 7.03. The molecule has 1 aromatic carbocycles. The second-order valence-electron chi connectivity index (χ2n) is 5.48. The largest absolute Gasteiger partial charge is 0.466 e. The summed E-state index contributed by atoms with van der Waals surface area (Å²) >= 11 is 1.47. The first-order chi connectivity index (χ1) is 10.4. The summed E-state index contributed by atoms with van der Waals surface area (Å²) in [5.41, 5.74) is -0.435. The number of amides is 1. The van der Waals surface area contributed by atoms with Gasteiger partial charge in [0.05, 0.1) is 12.3 Å². The van der Waals surface area contributed by atoms with Gasteiger partial charge in [-0.05, 0) is 39.0 Å². The minimum Gasteiger partial charge on any atom is -0.466 e. The summed E-state index contributed by atoms with van der Waals surface area (Å²) < 4.78 is 5.44. The van der Waals surface area contributed by atoms with Gasteiger partial charge in [0, 0.05) is 10.5 Å². The molecule has 0 saturated carbocycles. The van der Waals surface area contributed by atoms with Gasteiger partial charge in [-0.3, -0.25) is 4.79 Å². The van der Waals surface area contributed by atoms with Crippen molar-refractivity contribution < 1.29 is 14.3 Å². The van der Waals surface area contributed by atoms with E-state index in [1.165, 1.54) is 11.8 Å². The van der Waals surface area contributed by atoms with Crippen LogP contribution in [-0.2, 0) is 10.4 Å². The van der Waals surface area contributed by atoms with E-state index in [9.17, 15) is 9.90 Å². The number of benzene rings is 1. The van der Waals surface area contributed by atoms with Crippen LogP contribution in [0.15, 0.2) is 45.7 Å². The molecule has 1 atom stereocenters. The number of carbonyl (C=O) groups excluding carboxylic acids is 1. The first-order valence-corrected chi connectivity index (χ1v) is 8.11. The summed E-state index contributed by atoms with van der Waals surface area (Å²) in [6, 6.07) is 11.6. The Morgan fingerprint density at radius 1 is 1.32 bits per heavy atom. The topological polar surface area (TPSA) is 62.5 Å². The lowest BCUT2D eigenvalue weighted by molar-refractivity contribution is -0.119. The van der Waals surface area contributed by atoms with Gasteiger partial charge in [0.25, 0.3) is 0 Å². The molecule has 1 aromatic heterocycles. The maximum absolute atomic E-state index is 11.9. The van der Waals surface area contributed by atoms with Crippen LogP contribution in [0.3, 0.4) is 0 Å². The van der Waals surface area contributed by atoms with E-state index in [1.54, 1.807) is 13.0 Å². The first-order valence-electron chi connectivity index (χ1n) is 7.13. The third kappa shape index (κ3) is 4.39. The van der Waals surface area contributed by atoms with Gasteiger partial charge in [-0.15, -0.1) is 11.8 Å². The molecule has 4 nitrogen and oxygen atoms in total. The number of hydrogen-bond acceptors (Lipinski definition) is 4. The number of carbonyl (C=O) groups is 1. The summed E-state index contributed by atoms with van der Waals surface area (Å²) in [5, 5.41) is 13.3. The Bertz CT molecular complexity index is 635. The molecule has 0 bridgehead atoms. The molecule has 1 unspecified atom stereocenters. The van der Waals surface area contributed by atoms with E-state index in [-0.39, 0.29) is 12.5 Å². The smallest absolute Gasteiger partial charge is 0.230 e. The van der Waals surface area contributed by atoms with Crippen LogP contribution < -0.4 is 5.32 Å². The Hall–Kier alpha value is -1.72. The van der Waals surface area contributed by atoms with E-state index >= 15 is 0 Å². The van der Waals surface area contributed by atoms with Crippen molar-refractivity contribution in [3.05, 3.63) is 53.5 Å². The SMILES string of the molecule is Cc1cc(C(C)(O)CNC(=O)CSc2ccccc2)c(C)o1. The van der Waals surface area contributed by atoms with Crippen LogP contribution in [0.25, 0.3) is 0 Å². The molecule has 118 valence electrons. The molecule has 0 aliphatic heterocycles. The lowest BCUT2D eigenvalue weighted by Gasteiger charge is -2.23. The van der Waals surface area contributed by atoms with Crippen LogP contribution in [0, 0.1) is 13.8 Å². The monoisotopic (exact) mass is 319 g/mol. The zero-order chi connectivity index (χ0) is 16.2. The summed E-state index contributed by atoms with van der Waals surface area (Å²) in [5.74, 6) is 1.64. The van der Waals surface area contributed by atoms with Gasteiger partial charge >= 0.3 is 0 Å². The van der Waals surface area contributed by atoms with Crippen LogP contribution in [0.1, 0.15) is 24.0 Å².